The zero-order chi connectivity index (χ0) is 14.8. The summed E-state index contributed by atoms with van der Waals surface area (Å²) in [7, 11) is 1.94. The summed E-state index contributed by atoms with van der Waals surface area (Å²) in [5, 5.41) is 0. The maximum absolute atomic E-state index is 13.8. The number of anilines is 1. The van der Waals surface area contributed by atoms with Crippen molar-refractivity contribution in [1.82, 2.24) is 9.88 Å². The summed E-state index contributed by atoms with van der Waals surface area (Å²) in [6, 6.07) is 8.39. The zero-order valence-electron chi connectivity index (χ0n) is 11.8. The quantitative estimate of drug-likeness (QED) is 0.849. The minimum absolute atomic E-state index is 0.106. The van der Waals surface area contributed by atoms with Crippen molar-refractivity contribution < 1.29 is 9.18 Å². The highest BCUT2D eigenvalue weighted by atomic mass is 19.1. The van der Waals surface area contributed by atoms with Gasteiger partial charge in [0, 0.05) is 44.6 Å². The van der Waals surface area contributed by atoms with Crippen molar-refractivity contribution in [3.63, 3.8) is 0 Å². The van der Waals surface area contributed by atoms with Gasteiger partial charge in [0.2, 0.25) is 0 Å². The Morgan fingerprint density at radius 1 is 1.24 bits per heavy atom. The number of fused-ring (bicyclic) bond motifs is 1. The molecule has 0 aliphatic carbocycles. The third-order valence-corrected chi connectivity index (χ3v) is 3.75. The average molecular weight is 285 g/mol. The lowest BCUT2D eigenvalue weighted by molar-refractivity contribution is 0.0753. The van der Waals surface area contributed by atoms with Crippen LogP contribution in [0.3, 0.4) is 0 Å². The minimum Gasteiger partial charge on any atom is -0.372 e. The van der Waals surface area contributed by atoms with E-state index < -0.39 is 0 Å². The van der Waals surface area contributed by atoms with Crippen LogP contribution >= 0.6 is 0 Å². The number of halogens is 1. The summed E-state index contributed by atoms with van der Waals surface area (Å²) >= 11 is 0. The predicted octanol–water partition coefficient (Wildman–Crippen LogP) is 2.31. The lowest BCUT2D eigenvalue weighted by Gasteiger charge is -2.21. The summed E-state index contributed by atoms with van der Waals surface area (Å²) in [6.07, 6.45) is 3.25. The number of rotatable bonds is 2. The van der Waals surface area contributed by atoms with E-state index in [0.717, 1.165) is 5.69 Å². The van der Waals surface area contributed by atoms with Crippen LogP contribution in [0.25, 0.3) is 0 Å². The van der Waals surface area contributed by atoms with Gasteiger partial charge in [0.05, 0.1) is 11.3 Å². The minimum atomic E-state index is -0.283. The van der Waals surface area contributed by atoms with Gasteiger partial charge >= 0.3 is 0 Å². The van der Waals surface area contributed by atoms with Crippen molar-refractivity contribution in [2.75, 3.05) is 25.0 Å². The van der Waals surface area contributed by atoms with Gasteiger partial charge in [0.25, 0.3) is 5.91 Å². The molecule has 0 unspecified atom stereocenters. The summed E-state index contributed by atoms with van der Waals surface area (Å²) in [5.74, 6) is -0.389. The molecule has 0 radical (unpaired) electrons. The van der Waals surface area contributed by atoms with Crippen molar-refractivity contribution >= 4 is 11.6 Å². The first-order valence-electron chi connectivity index (χ1n) is 6.84. The topological polar surface area (TPSA) is 36.4 Å². The molecule has 0 N–H and O–H groups in total. The van der Waals surface area contributed by atoms with Gasteiger partial charge in [-0.15, -0.1) is 0 Å². The fourth-order valence-electron chi connectivity index (χ4n) is 2.53. The molecule has 0 saturated carbocycles. The number of benzene rings is 1. The Labute approximate surface area is 122 Å². The van der Waals surface area contributed by atoms with Crippen LogP contribution in [0.15, 0.2) is 42.7 Å². The van der Waals surface area contributed by atoms with Crippen molar-refractivity contribution in [1.29, 1.82) is 0 Å². The van der Waals surface area contributed by atoms with Gasteiger partial charge in [-0.05, 0) is 12.1 Å². The molecule has 1 aliphatic heterocycles. The van der Waals surface area contributed by atoms with Crippen molar-refractivity contribution in [2.45, 2.75) is 6.54 Å². The molecule has 0 saturated heterocycles. The highest BCUT2D eigenvalue weighted by Gasteiger charge is 2.25. The van der Waals surface area contributed by atoms with Gasteiger partial charge in [-0.2, -0.15) is 0 Å². The van der Waals surface area contributed by atoms with Crippen LogP contribution in [-0.2, 0) is 6.54 Å². The van der Waals surface area contributed by atoms with Gasteiger partial charge in [0.1, 0.15) is 5.82 Å². The van der Waals surface area contributed by atoms with Crippen LogP contribution in [0.4, 0.5) is 10.1 Å². The highest BCUT2D eigenvalue weighted by molar-refractivity contribution is 6.00. The second-order valence-electron chi connectivity index (χ2n) is 5.13. The van der Waals surface area contributed by atoms with Crippen LogP contribution in [0.1, 0.15) is 15.9 Å². The Balaban J connectivity index is 1.92. The molecular weight excluding hydrogens is 269 g/mol. The van der Waals surface area contributed by atoms with Gasteiger partial charge < -0.3 is 9.80 Å². The second-order valence-corrected chi connectivity index (χ2v) is 5.13. The molecule has 2 heterocycles. The molecular formula is C16H16FN3O. The summed E-state index contributed by atoms with van der Waals surface area (Å²) in [4.78, 5) is 20.4. The summed E-state index contributed by atoms with van der Waals surface area (Å²) in [5.41, 5.74) is 1.96. The number of aromatic nitrogens is 1. The predicted molar refractivity (Wildman–Crippen MR) is 78.6 cm³/mol. The molecule has 1 aliphatic rings. The third kappa shape index (κ3) is 2.59. The molecule has 4 nitrogen and oxygen atoms in total. The summed E-state index contributed by atoms with van der Waals surface area (Å²) < 4.78 is 13.8. The first kappa shape index (κ1) is 13.5. The number of hydrogen-bond acceptors (Lipinski definition) is 3. The number of carbonyl (C=O) groups excluding carboxylic acids is 1. The van der Waals surface area contributed by atoms with E-state index in [1.54, 1.807) is 35.5 Å². The SMILES string of the molecule is CN1CCN(Cc2ccccc2F)C(=O)c2cnccc21. The Morgan fingerprint density at radius 3 is 2.86 bits per heavy atom. The van der Waals surface area contributed by atoms with Crippen molar-refractivity contribution in [2.24, 2.45) is 0 Å². The highest BCUT2D eigenvalue weighted by Crippen LogP contribution is 2.24. The van der Waals surface area contributed by atoms with Crippen molar-refractivity contribution in [3.8, 4) is 0 Å². The third-order valence-electron chi connectivity index (χ3n) is 3.75. The summed E-state index contributed by atoms with van der Waals surface area (Å²) in [6.45, 7) is 1.53. The first-order valence-corrected chi connectivity index (χ1v) is 6.84. The van der Waals surface area contributed by atoms with Crippen LogP contribution in [0.2, 0.25) is 0 Å². The first-order chi connectivity index (χ1) is 10.2. The van der Waals surface area contributed by atoms with Crippen molar-refractivity contribution in [3.05, 3.63) is 59.7 Å². The molecule has 0 fully saturated rings. The molecule has 21 heavy (non-hydrogen) atoms. The molecule has 3 rings (SSSR count). The second kappa shape index (κ2) is 5.52. The largest absolute Gasteiger partial charge is 0.372 e. The van der Waals surface area contributed by atoms with Crippen LogP contribution in [0.5, 0.6) is 0 Å². The Hall–Kier alpha value is -2.43. The fourth-order valence-corrected chi connectivity index (χ4v) is 2.53. The maximum atomic E-state index is 13.8. The van der Waals surface area contributed by atoms with Crippen LogP contribution in [-0.4, -0.2) is 35.9 Å². The molecule has 1 amide bonds. The van der Waals surface area contributed by atoms with E-state index in [0.29, 0.717) is 24.2 Å². The van der Waals surface area contributed by atoms with E-state index in [1.807, 2.05) is 18.0 Å². The number of hydrogen-bond donors (Lipinski definition) is 0. The zero-order valence-corrected chi connectivity index (χ0v) is 11.8. The Kier molecular flexibility index (Phi) is 3.56. The molecule has 1 aromatic carbocycles. The van der Waals surface area contributed by atoms with Gasteiger partial charge in [-0.3, -0.25) is 9.78 Å². The van der Waals surface area contributed by atoms with Gasteiger partial charge in [-0.1, -0.05) is 18.2 Å². The number of nitrogens with zero attached hydrogens (tertiary/aromatic N) is 3. The number of pyridine rings is 1. The molecule has 0 atom stereocenters. The molecule has 1 aromatic heterocycles. The fraction of sp³-hybridized carbons (Fsp3) is 0.250. The number of carbonyl (C=O) groups is 1. The van der Waals surface area contributed by atoms with Crippen LogP contribution < -0.4 is 4.90 Å². The van der Waals surface area contributed by atoms with E-state index in [4.69, 9.17) is 0 Å². The average Bonchev–Trinajstić information content (AvgIpc) is 2.62. The van der Waals surface area contributed by atoms with Gasteiger partial charge in [-0.25, -0.2) is 4.39 Å². The molecule has 0 spiro atoms. The van der Waals surface area contributed by atoms with E-state index in [-0.39, 0.29) is 18.3 Å². The molecule has 108 valence electrons. The van der Waals surface area contributed by atoms with E-state index in [1.165, 1.54) is 6.07 Å². The number of likely N-dealkylation sites (N-methyl/N-ethyl adjacent to an activating group) is 1. The number of amides is 1. The Bertz CT molecular complexity index is 674. The molecule has 0 bridgehead atoms. The van der Waals surface area contributed by atoms with E-state index in [2.05, 4.69) is 4.98 Å². The standard InChI is InChI=1S/C16H16FN3O/c1-19-8-9-20(11-12-4-2-3-5-14(12)17)16(21)13-10-18-7-6-15(13)19/h2-7,10H,8-9,11H2,1H3. The van der Waals surface area contributed by atoms with E-state index >= 15 is 0 Å². The maximum Gasteiger partial charge on any atom is 0.257 e. The van der Waals surface area contributed by atoms with E-state index in [9.17, 15) is 9.18 Å². The Morgan fingerprint density at radius 2 is 2.05 bits per heavy atom. The normalized spacial score (nSPS) is 14.9. The monoisotopic (exact) mass is 285 g/mol. The molecule has 2 aromatic rings. The lowest BCUT2D eigenvalue weighted by atomic mass is 10.1. The molecule has 5 heteroatoms. The van der Waals surface area contributed by atoms with Gasteiger partial charge in [0.15, 0.2) is 0 Å². The smallest absolute Gasteiger partial charge is 0.257 e. The lowest BCUT2D eigenvalue weighted by Crippen LogP contribution is -2.33. The van der Waals surface area contributed by atoms with Crippen LogP contribution in [0, 0.1) is 5.82 Å².